The number of nitrogens with zero attached hydrogens (tertiary/aromatic N) is 1. The second-order valence-corrected chi connectivity index (χ2v) is 4.30. The number of aliphatic hydroxyl groups excluding tert-OH is 1. The van der Waals surface area contributed by atoms with E-state index in [1.807, 2.05) is 4.90 Å². The summed E-state index contributed by atoms with van der Waals surface area (Å²) in [4.78, 5) is 1.95. The molecular weight excluding hydrogens is 178 g/mol. The minimum absolute atomic E-state index is 0.160. The van der Waals surface area contributed by atoms with Crippen LogP contribution in [0.3, 0.4) is 0 Å². The lowest BCUT2D eigenvalue weighted by atomic mass is 10.3. The summed E-state index contributed by atoms with van der Waals surface area (Å²) in [5.41, 5.74) is 0. The Kier molecular flexibility index (Phi) is 3.79. The number of rotatable bonds is 3. The summed E-state index contributed by atoms with van der Waals surface area (Å²) in [7, 11) is 0. The molecule has 3 N–H and O–H groups in total. The van der Waals surface area contributed by atoms with E-state index in [2.05, 4.69) is 0 Å². The van der Waals surface area contributed by atoms with Gasteiger partial charge in [0.25, 0.3) is 0 Å². The maximum Gasteiger partial charge on any atom is 0.226 e. The monoisotopic (exact) mass is 193 g/mol. The van der Waals surface area contributed by atoms with E-state index < -0.39 is 5.12 Å². The summed E-state index contributed by atoms with van der Waals surface area (Å²) in [6.07, 6.45) is 0.695. The van der Waals surface area contributed by atoms with E-state index in [1.54, 1.807) is 0 Å². The molecule has 72 valence electrons. The molecule has 0 radical (unpaired) electrons. The van der Waals surface area contributed by atoms with Crippen molar-refractivity contribution >= 4 is 11.8 Å². The largest absolute Gasteiger partial charge is 0.396 e. The van der Waals surface area contributed by atoms with Crippen molar-refractivity contribution in [1.82, 2.24) is 4.90 Å². The zero-order valence-corrected chi connectivity index (χ0v) is 7.76. The van der Waals surface area contributed by atoms with Crippen LogP contribution in [0.15, 0.2) is 0 Å². The second kappa shape index (κ2) is 4.43. The van der Waals surface area contributed by atoms with Crippen LogP contribution < -0.4 is 0 Å². The third-order valence-corrected chi connectivity index (χ3v) is 2.78. The number of β-amino-alcohol motifs (C(OH)–C–C–N with tert-alkyl or cyclic N) is 2. The molecule has 0 aromatic rings. The van der Waals surface area contributed by atoms with Crippen molar-refractivity contribution in [3.05, 3.63) is 0 Å². The summed E-state index contributed by atoms with van der Waals surface area (Å²) in [5.74, 6) is 0.735. The van der Waals surface area contributed by atoms with Gasteiger partial charge in [-0.2, -0.15) is 0 Å². The Morgan fingerprint density at radius 2 is 2.17 bits per heavy atom. The van der Waals surface area contributed by atoms with Gasteiger partial charge < -0.3 is 15.3 Å². The topological polar surface area (TPSA) is 63.9 Å². The summed E-state index contributed by atoms with van der Waals surface area (Å²) in [5, 5.41) is 25.5. The highest BCUT2D eigenvalue weighted by Crippen LogP contribution is 2.24. The molecule has 0 spiro atoms. The second-order valence-electron chi connectivity index (χ2n) is 2.94. The van der Waals surface area contributed by atoms with Crippen molar-refractivity contribution in [2.45, 2.75) is 11.5 Å². The predicted octanol–water partition coefficient (Wildman–Crippen LogP) is -0.944. The normalized spacial score (nSPS) is 24.2. The van der Waals surface area contributed by atoms with Gasteiger partial charge in [-0.3, -0.25) is 4.90 Å². The summed E-state index contributed by atoms with van der Waals surface area (Å²) in [6.45, 7) is 2.04. The Hall–Kier alpha value is 0.190. The van der Waals surface area contributed by atoms with E-state index in [4.69, 9.17) is 5.11 Å². The highest BCUT2D eigenvalue weighted by atomic mass is 32.2. The molecule has 4 nitrogen and oxygen atoms in total. The van der Waals surface area contributed by atoms with Crippen molar-refractivity contribution in [3.63, 3.8) is 0 Å². The van der Waals surface area contributed by atoms with Crippen molar-refractivity contribution < 1.29 is 15.3 Å². The van der Waals surface area contributed by atoms with Crippen LogP contribution in [0, 0.1) is 0 Å². The minimum atomic E-state index is -1.59. The Bertz CT molecular complexity index is 143. The molecule has 0 saturated carbocycles. The number of aliphatic hydroxyl groups is 3. The standard InChI is InChI=1S/C7H15NO3S/c9-4-1-2-8-3-5-12-7(10,11)6-8/h9-11H,1-6H2. The molecule has 0 bridgehead atoms. The number of hydrogen-bond acceptors (Lipinski definition) is 5. The fourth-order valence-corrected chi connectivity index (χ4v) is 2.19. The number of hydrogen-bond donors (Lipinski definition) is 3. The van der Waals surface area contributed by atoms with E-state index in [1.165, 1.54) is 0 Å². The van der Waals surface area contributed by atoms with Gasteiger partial charge in [-0.05, 0) is 6.42 Å². The van der Waals surface area contributed by atoms with E-state index >= 15 is 0 Å². The van der Waals surface area contributed by atoms with Crippen molar-refractivity contribution in [1.29, 1.82) is 0 Å². The zero-order chi connectivity index (χ0) is 9.03. The van der Waals surface area contributed by atoms with Crippen LogP contribution in [-0.2, 0) is 0 Å². The first kappa shape index (κ1) is 10.3. The van der Waals surface area contributed by atoms with Crippen LogP contribution in [-0.4, -0.2) is 57.3 Å². The minimum Gasteiger partial charge on any atom is -0.396 e. The van der Waals surface area contributed by atoms with Gasteiger partial charge in [0.1, 0.15) is 0 Å². The SMILES string of the molecule is OCCCN1CCSC(O)(O)C1. The molecule has 0 aliphatic carbocycles. The molecule has 0 aromatic heterocycles. The van der Waals surface area contributed by atoms with Gasteiger partial charge in [0.15, 0.2) is 0 Å². The zero-order valence-electron chi connectivity index (χ0n) is 6.94. The van der Waals surface area contributed by atoms with Gasteiger partial charge in [0, 0.05) is 25.4 Å². The van der Waals surface area contributed by atoms with Crippen LogP contribution >= 0.6 is 11.8 Å². The summed E-state index contributed by atoms with van der Waals surface area (Å²) < 4.78 is 0. The first-order valence-corrected chi connectivity index (χ1v) is 5.04. The van der Waals surface area contributed by atoms with E-state index in [-0.39, 0.29) is 13.2 Å². The van der Waals surface area contributed by atoms with E-state index in [9.17, 15) is 10.2 Å². The number of thioether (sulfide) groups is 1. The van der Waals surface area contributed by atoms with Crippen molar-refractivity contribution in [2.75, 3.05) is 32.0 Å². The van der Waals surface area contributed by atoms with Gasteiger partial charge in [-0.15, -0.1) is 0 Å². The van der Waals surface area contributed by atoms with Gasteiger partial charge in [0.05, 0.1) is 6.54 Å². The van der Waals surface area contributed by atoms with Crippen LogP contribution in [0.25, 0.3) is 0 Å². The fourth-order valence-electron chi connectivity index (χ4n) is 1.24. The smallest absolute Gasteiger partial charge is 0.226 e. The Morgan fingerprint density at radius 1 is 1.42 bits per heavy atom. The fraction of sp³-hybridized carbons (Fsp3) is 1.00. The molecule has 0 unspecified atom stereocenters. The third-order valence-electron chi connectivity index (χ3n) is 1.80. The highest BCUT2D eigenvalue weighted by molar-refractivity contribution is 8.00. The summed E-state index contributed by atoms with van der Waals surface area (Å²) >= 11 is 1.16. The van der Waals surface area contributed by atoms with Crippen LogP contribution in [0.4, 0.5) is 0 Å². The maximum atomic E-state index is 9.26. The van der Waals surface area contributed by atoms with Gasteiger partial charge >= 0.3 is 0 Å². The molecule has 1 saturated heterocycles. The predicted molar refractivity (Wildman–Crippen MR) is 47.8 cm³/mol. The maximum absolute atomic E-state index is 9.26. The molecule has 1 heterocycles. The summed E-state index contributed by atoms with van der Waals surface area (Å²) in [6, 6.07) is 0. The molecule has 12 heavy (non-hydrogen) atoms. The third kappa shape index (κ3) is 3.28. The Balaban J connectivity index is 2.26. The molecule has 0 aromatic carbocycles. The van der Waals surface area contributed by atoms with Crippen molar-refractivity contribution in [2.24, 2.45) is 0 Å². The molecule has 0 atom stereocenters. The average Bonchev–Trinajstić information content (AvgIpc) is 1.99. The van der Waals surface area contributed by atoms with Gasteiger partial charge in [0.2, 0.25) is 5.12 Å². The average molecular weight is 193 g/mol. The molecule has 1 fully saturated rings. The Morgan fingerprint density at radius 3 is 2.75 bits per heavy atom. The first-order valence-electron chi connectivity index (χ1n) is 4.06. The van der Waals surface area contributed by atoms with Gasteiger partial charge in [-0.1, -0.05) is 11.8 Å². The van der Waals surface area contributed by atoms with Crippen LogP contribution in [0.2, 0.25) is 0 Å². The highest BCUT2D eigenvalue weighted by Gasteiger charge is 2.30. The lowest BCUT2D eigenvalue weighted by molar-refractivity contribution is -0.0989. The van der Waals surface area contributed by atoms with Gasteiger partial charge in [-0.25, -0.2) is 0 Å². The molecule has 1 aliphatic heterocycles. The van der Waals surface area contributed by atoms with Crippen LogP contribution in [0.1, 0.15) is 6.42 Å². The molecule has 0 amide bonds. The quantitative estimate of drug-likeness (QED) is 0.505. The molecule has 1 rings (SSSR count). The van der Waals surface area contributed by atoms with E-state index in [0.717, 1.165) is 30.6 Å². The molecule has 1 aliphatic rings. The lowest BCUT2D eigenvalue weighted by Gasteiger charge is -2.34. The molecule has 5 heteroatoms. The van der Waals surface area contributed by atoms with Crippen LogP contribution in [0.5, 0.6) is 0 Å². The Labute approximate surface area is 76.2 Å². The first-order chi connectivity index (χ1) is 5.64. The lowest BCUT2D eigenvalue weighted by Crippen LogP contribution is -2.46. The van der Waals surface area contributed by atoms with Crippen molar-refractivity contribution in [3.8, 4) is 0 Å². The van der Waals surface area contributed by atoms with E-state index in [0.29, 0.717) is 6.42 Å². The molecular formula is C7H15NO3S.